The molecule has 1 saturated carbocycles. The summed E-state index contributed by atoms with van der Waals surface area (Å²) in [6.45, 7) is 4.59. The van der Waals surface area contributed by atoms with E-state index in [2.05, 4.69) is 13.8 Å². The van der Waals surface area contributed by atoms with E-state index >= 15 is 0 Å². The Morgan fingerprint density at radius 3 is 2.80 bits per heavy atom. The van der Waals surface area contributed by atoms with Crippen LogP contribution in [0.3, 0.4) is 0 Å². The lowest BCUT2D eigenvalue weighted by atomic mass is 9.91. The molecule has 0 bridgehead atoms. The third-order valence-electron chi connectivity index (χ3n) is 3.75. The maximum atomic E-state index is 6.20. The van der Waals surface area contributed by atoms with E-state index in [1.54, 1.807) is 0 Å². The first-order valence-electron chi connectivity index (χ1n) is 5.83. The van der Waals surface area contributed by atoms with E-state index in [9.17, 15) is 0 Å². The van der Waals surface area contributed by atoms with Crippen molar-refractivity contribution in [1.29, 1.82) is 0 Å². The highest BCUT2D eigenvalue weighted by molar-refractivity contribution is 7.11. The Balaban J connectivity index is 1.93. The quantitative estimate of drug-likeness (QED) is 0.835. The molecular formula is C12H18N2S. The Kier molecular flexibility index (Phi) is 1.99. The second-order valence-electron chi connectivity index (χ2n) is 5.57. The molecule has 1 atom stereocenters. The lowest BCUT2D eigenvalue weighted by Crippen LogP contribution is -2.16. The number of aromatic nitrogens is 1. The summed E-state index contributed by atoms with van der Waals surface area (Å²) in [7, 11) is 0. The molecular weight excluding hydrogens is 204 g/mol. The average Bonchev–Trinajstić information content (AvgIpc) is 2.86. The van der Waals surface area contributed by atoms with Gasteiger partial charge in [-0.15, -0.1) is 11.3 Å². The van der Waals surface area contributed by atoms with E-state index in [0.29, 0.717) is 0 Å². The van der Waals surface area contributed by atoms with E-state index < -0.39 is 0 Å². The van der Waals surface area contributed by atoms with Crippen molar-refractivity contribution in [3.63, 3.8) is 0 Å². The van der Waals surface area contributed by atoms with Gasteiger partial charge in [0.25, 0.3) is 0 Å². The van der Waals surface area contributed by atoms with Crippen LogP contribution in [0, 0.1) is 5.92 Å². The molecule has 0 spiro atoms. The lowest BCUT2D eigenvalue weighted by Gasteiger charge is -2.16. The summed E-state index contributed by atoms with van der Waals surface area (Å²) in [6.07, 6.45) is 5.06. The third kappa shape index (κ3) is 1.53. The van der Waals surface area contributed by atoms with Crippen molar-refractivity contribution < 1.29 is 0 Å². The molecule has 0 aromatic carbocycles. The summed E-state index contributed by atoms with van der Waals surface area (Å²) in [4.78, 5) is 6.29. The second-order valence-corrected chi connectivity index (χ2v) is 6.69. The maximum absolute atomic E-state index is 6.20. The van der Waals surface area contributed by atoms with E-state index in [0.717, 1.165) is 5.92 Å². The first kappa shape index (κ1) is 9.79. The Labute approximate surface area is 94.9 Å². The number of aryl methyl sites for hydroxylation is 1. The number of rotatable bonds is 2. The lowest BCUT2D eigenvalue weighted by molar-refractivity contribution is 0.504. The fourth-order valence-electron chi connectivity index (χ4n) is 2.41. The number of hydrogen-bond donors (Lipinski definition) is 1. The predicted molar refractivity (Wildman–Crippen MR) is 63.1 cm³/mol. The molecule has 2 N–H and O–H groups in total. The van der Waals surface area contributed by atoms with Crippen LogP contribution in [0.15, 0.2) is 0 Å². The molecule has 1 unspecified atom stereocenters. The minimum absolute atomic E-state index is 0.219. The largest absolute Gasteiger partial charge is 0.322 e. The van der Waals surface area contributed by atoms with Crippen molar-refractivity contribution in [2.75, 3.05) is 0 Å². The minimum Gasteiger partial charge on any atom is -0.322 e. The Bertz CT molecular complexity index is 390. The molecule has 1 heterocycles. The van der Waals surface area contributed by atoms with Crippen LogP contribution < -0.4 is 5.73 Å². The average molecular weight is 222 g/mol. The van der Waals surface area contributed by atoms with Gasteiger partial charge < -0.3 is 5.73 Å². The first-order valence-corrected chi connectivity index (χ1v) is 6.65. The summed E-state index contributed by atoms with van der Waals surface area (Å²) < 4.78 is 0. The molecule has 0 radical (unpaired) electrons. The summed E-state index contributed by atoms with van der Waals surface area (Å²) in [5.41, 5.74) is 7.81. The van der Waals surface area contributed by atoms with Crippen LogP contribution in [0.25, 0.3) is 0 Å². The van der Waals surface area contributed by atoms with Crippen LogP contribution in [0.5, 0.6) is 0 Å². The molecule has 0 aliphatic heterocycles. The fraction of sp³-hybridized carbons (Fsp3) is 0.750. The van der Waals surface area contributed by atoms with Crippen molar-refractivity contribution in [1.82, 2.24) is 4.98 Å². The monoisotopic (exact) mass is 222 g/mol. The van der Waals surface area contributed by atoms with E-state index in [1.807, 2.05) is 11.3 Å². The molecule has 15 heavy (non-hydrogen) atoms. The minimum atomic E-state index is 0.219. The van der Waals surface area contributed by atoms with Gasteiger partial charge in [0.05, 0.1) is 11.7 Å². The fourth-order valence-corrected chi connectivity index (χ4v) is 3.75. The van der Waals surface area contributed by atoms with E-state index in [4.69, 9.17) is 10.7 Å². The van der Waals surface area contributed by atoms with Crippen LogP contribution in [-0.2, 0) is 11.8 Å². The van der Waals surface area contributed by atoms with Crippen molar-refractivity contribution in [3.05, 3.63) is 15.6 Å². The van der Waals surface area contributed by atoms with Crippen LogP contribution in [0.1, 0.15) is 54.7 Å². The number of nitrogens with zero attached hydrogens (tertiary/aromatic N) is 1. The highest BCUT2D eigenvalue weighted by Gasteiger charge is 2.37. The molecule has 2 aliphatic carbocycles. The molecule has 1 aromatic rings. The van der Waals surface area contributed by atoms with Crippen molar-refractivity contribution in [2.24, 2.45) is 11.7 Å². The number of fused-ring (bicyclic) bond motifs is 1. The topological polar surface area (TPSA) is 38.9 Å². The Morgan fingerprint density at radius 2 is 2.20 bits per heavy atom. The van der Waals surface area contributed by atoms with Crippen molar-refractivity contribution >= 4 is 11.3 Å². The predicted octanol–water partition coefficient (Wildman–Crippen LogP) is 2.78. The van der Waals surface area contributed by atoms with Crippen molar-refractivity contribution in [2.45, 2.75) is 51.0 Å². The van der Waals surface area contributed by atoms with Gasteiger partial charge in [-0.3, -0.25) is 0 Å². The Morgan fingerprint density at radius 1 is 1.47 bits per heavy atom. The molecule has 1 fully saturated rings. The summed E-state index contributed by atoms with van der Waals surface area (Å²) >= 11 is 1.86. The number of nitrogens with two attached hydrogens (primary N) is 1. The molecule has 82 valence electrons. The zero-order chi connectivity index (χ0) is 10.6. The summed E-state index contributed by atoms with van der Waals surface area (Å²) in [5.74, 6) is 0.722. The molecule has 3 rings (SSSR count). The molecule has 1 aromatic heterocycles. The number of hydrogen-bond acceptors (Lipinski definition) is 3. The highest BCUT2D eigenvalue weighted by atomic mass is 32.1. The summed E-state index contributed by atoms with van der Waals surface area (Å²) in [6, 6.07) is 0.219. The Hall–Kier alpha value is -0.410. The normalized spacial score (nSPS) is 25.3. The standard InChI is InChI=1S/C12H18N2S/c1-12(2)6-5-8-10(12)14-11(15-8)9(13)7-3-4-7/h7,9H,3-6,13H2,1-2H3. The van der Waals surface area contributed by atoms with Gasteiger partial charge >= 0.3 is 0 Å². The third-order valence-corrected chi connectivity index (χ3v) is 4.96. The highest BCUT2D eigenvalue weighted by Crippen LogP contribution is 2.45. The van der Waals surface area contributed by atoms with Crippen LogP contribution >= 0.6 is 11.3 Å². The van der Waals surface area contributed by atoms with Gasteiger partial charge in [-0.05, 0) is 31.6 Å². The van der Waals surface area contributed by atoms with E-state index in [1.165, 1.54) is 41.3 Å². The van der Waals surface area contributed by atoms with Gasteiger partial charge in [-0.1, -0.05) is 13.8 Å². The smallest absolute Gasteiger partial charge is 0.110 e. The second kappa shape index (κ2) is 3.05. The molecule has 2 aliphatic rings. The van der Waals surface area contributed by atoms with Gasteiger partial charge in [-0.2, -0.15) is 0 Å². The molecule has 2 nitrogen and oxygen atoms in total. The molecule has 0 amide bonds. The van der Waals surface area contributed by atoms with Gasteiger partial charge in [0.2, 0.25) is 0 Å². The van der Waals surface area contributed by atoms with Gasteiger partial charge in [0.15, 0.2) is 0 Å². The van der Waals surface area contributed by atoms with Crippen LogP contribution in [0.4, 0.5) is 0 Å². The van der Waals surface area contributed by atoms with Crippen molar-refractivity contribution in [3.8, 4) is 0 Å². The van der Waals surface area contributed by atoms with Gasteiger partial charge in [-0.25, -0.2) is 4.98 Å². The van der Waals surface area contributed by atoms with Crippen LogP contribution in [-0.4, -0.2) is 4.98 Å². The van der Waals surface area contributed by atoms with E-state index in [-0.39, 0.29) is 11.5 Å². The molecule has 0 saturated heterocycles. The first-order chi connectivity index (χ1) is 7.08. The summed E-state index contributed by atoms with van der Waals surface area (Å²) in [5, 5.41) is 1.19. The maximum Gasteiger partial charge on any atom is 0.110 e. The van der Waals surface area contributed by atoms with Crippen LogP contribution in [0.2, 0.25) is 0 Å². The zero-order valence-corrected chi connectivity index (χ0v) is 10.2. The van der Waals surface area contributed by atoms with Gasteiger partial charge in [0, 0.05) is 10.3 Å². The molecule has 3 heteroatoms. The van der Waals surface area contributed by atoms with Gasteiger partial charge in [0.1, 0.15) is 5.01 Å². The number of thiazole rings is 1. The zero-order valence-electron chi connectivity index (χ0n) is 9.42. The SMILES string of the molecule is CC1(C)CCc2sc(C(N)C3CC3)nc21.